The molecule has 24 aromatic rings. The third kappa shape index (κ3) is 15.6. The van der Waals surface area contributed by atoms with Crippen molar-refractivity contribution in [2.24, 2.45) is 0 Å². The van der Waals surface area contributed by atoms with Gasteiger partial charge in [0.25, 0.3) is 0 Å². The van der Waals surface area contributed by atoms with E-state index in [2.05, 4.69) is 576 Å². The van der Waals surface area contributed by atoms with Gasteiger partial charge in [0.1, 0.15) is 0 Å². The highest BCUT2D eigenvalue weighted by Gasteiger charge is 2.36. The Bertz CT molecular complexity index is 8180. The molecular formula is C129H94N6. The van der Waals surface area contributed by atoms with Crippen LogP contribution in [-0.4, -0.2) is 13.7 Å². The summed E-state index contributed by atoms with van der Waals surface area (Å²) in [6.07, 6.45) is 0. The lowest BCUT2D eigenvalue weighted by atomic mass is 9.82. The van der Waals surface area contributed by atoms with Crippen molar-refractivity contribution in [2.75, 3.05) is 14.7 Å². The van der Waals surface area contributed by atoms with Gasteiger partial charge in [0.15, 0.2) is 0 Å². The van der Waals surface area contributed by atoms with Crippen LogP contribution in [0.1, 0.15) is 25.0 Å². The van der Waals surface area contributed by atoms with Gasteiger partial charge in [0.2, 0.25) is 0 Å². The van der Waals surface area contributed by atoms with Gasteiger partial charge < -0.3 is 28.4 Å². The lowest BCUT2D eigenvalue weighted by molar-refractivity contribution is 0.660. The molecule has 0 spiro atoms. The molecule has 3 heterocycles. The van der Waals surface area contributed by atoms with Gasteiger partial charge in [-0.25, -0.2) is 0 Å². The molecule has 0 fully saturated rings. The van der Waals surface area contributed by atoms with Crippen molar-refractivity contribution in [3.8, 4) is 83.8 Å². The van der Waals surface area contributed by atoms with E-state index in [9.17, 15) is 0 Å². The van der Waals surface area contributed by atoms with E-state index in [1.165, 1.54) is 149 Å². The first kappa shape index (κ1) is 81.9. The molecule has 0 saturated heterocycles. The van der Waals surface area contributed by atoms with Crippen molar-refractivity contribution in [3.63, 3.8) is 0 Å². The topological polar surface area (TPSA) is 24.5 Å². The molecule has 21 aromatic carbocycles. The molecule has 1 aliphatic carbocycles. The predicted molar refractivity (Wildman–Crippen MR) is 571 cm³/mol. The summed E-state index contributed by atoms with van der Waals surface area (Å²) >= 11 is 0. The van der Waals surface area contributed by atoms with E-state index in [1.807, 2.05) is 0 Å². The molecule has 0 radical (unpaired) electrons. The molecule has 6 heteroatoms. The molecule has 0 amide bonds. The first-order valence-electron chi connectivity index (χ1n) is 46.4. The number of aromatic nitrogens is 3. The zero-order valence-corrected chi connectivity index (χ0v) is 75.0. The second kappa shape index (κ2) is 35.7. The lowest BCUT2D eigenvalue weighted by Gasteiger charge is -2.28. The molecule has 0 saturated carbocycles. The molecule has 0 atom stereocenters. The van der Waals surface area contributed by atoms with Crippen LogP contribution in [0.4, 0.5) is 51.2 Å². The Balaban J connectivity index is 0.000000114. The number of fused-ring (bicyclic) bond motifs is 12. The summed E-state index contributed by atoms with van der Waals surface area (Å²) in [5.74, 6) is 0. The number of para-hydroxylation sites is 6. The fraction of sp³-hybridized carbons (Fsp3) is 0.0233. The van der Waals surface area contributed by atoms with E-state index in [-0.39, 0.29) is 5.41 Å². The van der Waals surface area contributed by atoms with Crippen LogP contribution < -0.4 is 14.7 Å². The van der Waals surface area contributed by atoms with E-state index < -0.39 is 0 Å². The van der Waals surface area contributed by atoms with Gasteiger partial charge in [0.05, 0.1) is 33.1 Å². The minimum absolute atomic E-state index is 0.0855. The van der Waals surface area contributed by atoms with E-state index in [0.29, 0.717) is 0 Å². The lowest BCUT2D eigenvalue weighted by Crippen LogP contribution is -2.16. The van der Waals surface area contributed by atoms with Crippen molar-refractivity contribution in [3.05, 3.63) is 545 Å². The van der Waals surface area contributed by atoms with Crippen LogP contribution in [0.2, 0.25) is 0 Å². The number of nitrogens with zero attached hydrogens (tertiary/aromatic N) is 6. The molecule has 25 rings (SSSR count). The molecule has 640 valence electrons. The van der Waals surface area contributed by atoms with E-state index >= 15 is 0 Å². The Hall–Kier alpha value is -17.6. The predicted octanol–water partition coefficient (Wildman–Crippen LogP) is 35.4. The van der Waals surface area contributed by atoms with Gasteiger partial charge in [-0.3, -0.25) is 0 Å². The van der Waals surface area contributed by atoms with Crippen LogP contribution in [-0.2, 0) is 5.41 Å². The number of rotatable bonds is 17. The van der Waals surface area contributed by atoms with Crippen molar-refractivity contribution in [1.82, 2.24) is 13.7 Å². The molecule has 0 aliphatic heterocycles. The van der Waals surface area contributed by atoms with Gasteiger partial charge in [-0.1, -0.05) is 372 Å². The minimum Gasteiger partial charge on any atom is -0.310 e. The van der Waals surface area contributed by atoms with Crippen LogP contribution in [0, 0.1) is 0 Å². The second-order valence-electron chi connectivity index (χ2n) is 35.1. The highest BCUT2D eigenvalue weighted by atomic mass is 15.2. The van der Waals surface area contributed by atoms with Gasteiger partial charge in [-0.2, -0.15) is 0 Å². The summed E-state index contributed by atoms with van der Waals surface area (Å²) in [6, 6.07) is 192. The molecule has 0 unspecified atom stereocenters. The first-order chi connectivity index (χ1) is 66.7. The monoisotopic (exact) mass is 1730 g/mol. The van der Waals surface area contributed by atoms with Gasteiger partial charge in [-0.15, -0.1) is 0 Å². The Morgan fingerprint density at radius 1 is 0.148 bits per heavy atom. The maximum Gasteiger partial charge on any atom is 0.0561 e. The summed E-state index contributed by atoms with van der Waals surface area (Å²) in [7, 11) is 0. The minimum atomic E-state index is -0.0855. The first-order valence-corrected chi connectivity index (χ1v) is 46.4. The zero-order chi connectivity index (χ0) is 90.1. The maximum atomic E-state index is 2.42. The van der Waals surface area contributed by atoms with Crippen molar-refractivity contribution >= 4 is 117 Å². The fourth-order valence-corrected chi connectivity index (χ4v) is 20.2. The number of anilines is 9. The highest BCUT2D eigenvalue weighted by Crippen LogP contribution is 2.52. The largest absolute Gasteiger partial charge is 0.310 e. The molecule has 3 aromatic heterocycles. The summed E-state index contributed by atoms with van der Waals surface area (Å²) in [5.41, 5.74) is 38.2. The van der Waals surface area contributed by atoms with Crippen LogP contribution >= 0.6 is 0 Å². The van der Waals surface area contributed by atoms with Crippen LogP contribution in [0.3, 0.4) is 0 Å². The van der Waals surface area contributed by atoms with E-state index in [0.717, 1.165) is 62.6 Å². The Morgan fingerprint density at radius 3 is 0.719 bits per heavy atom. The standard InChI is InChI=1S/C45H34N2.2C42H30N2/c1-45(2)41-19-11-9-17-37(41)38-27-25-36(30-42(38)45)46(34-23-21-32(22-24-34)31-13-5-3-6-14-31)35-26-28-44-40(29-35)39-18-10-12-20-43(39)47(44)33-15-7-4-8-16-33;1-4-12-31(13-5-1)33-20-24-36(25-21-33)43(37-26-22-34(23-27-37)32-14-6-2-7-15-32)38-28-29-42-40(30-38)39-18-10-11-19-41(39)44(42)35-16-8-3-9-17-35;1-4-12-31(13-5-1)33-20-24-36(25-21-33)43(37-26-22-34(23-27-37)32-14-6-2-7-15-32)38-28-29-40-39-18-10-11-19-41(39)44(42(40)30-38)35-16-8-3-9-17-35/h3-30H,1-2H3;2*1-30H. The summed E-state index contributed by atoms with van der Waals surface area (Å²) in [6.45, 7) is 4.70. The Kier molecular flexibility index (Phi) is 21.7. The molecule has 135 heavy (non-hydrogen) atoms. The zero-order valence-electron chi connectivity index (χ0n) is 75.0. The number of hydrogen-bond donors (Lipinski definition) is 0. The molecule has 6 nitrogen and oxygen atoms in total. The molecule has 1 aliphatic rings. The molecule has 0 N–H and O–H groups in total. The van der Waals surface area contributed by atoms with Crippen LogP contribution in [0.5, 0.6) is 0 Å². The van der Waals surface area contributed by atoms with E-state index in [1.54, 1.807) is 0 Å². The molecular weight excluding hydrogens is 1630 g/mol. The van der Waals surface area contributed by atoms with Gasteiger partial charge in [-0.05, 0) is 254 Å². The van der Waals surface area contributed by atoms with Crippen LogP contribution in [0.25, 0.3) is 149 Å². The SMILES string of the molecule is CC1(C)c2ccccc2-c2ccc(N(c3ccc(-c4ccccc4)cc3)c3ccc4c(c3)c3ccccc3n4-c3ccccc3)cc21.c1ccc(-c2ccc(N(c3ccc(-c4ccccc4)cc3)c3ccc4c(c3)c3ccccc3n4-c3ccccc3)cc2)cc1.c1ccc(-c2ccc(N(c3ccc(-c4ccccc4)cc3)c3ccc4c5ccccc5n(-c5ccccc5)c4c3)cc2)cc1. The quantitative estimate of drug-likeness (QED) is 0.0908. The fourth-order valence-electron chi connectivity index (χ4n) is 20.2. The van der Waals surface area contributed by atoms with E-state index in [4.69, 9.17) is 0 Å². The van der Waals surface area contributed by atoms with Gasteiger partial charge >= 0.3 is 0 Å². The summed E-state index contributed by atoms with van der Waals surface area (Å²) < 4.78 is 7.12. The summed E-state index contributed by atoms with van der Waals surface area (Å²) in [5, 5.41) is 7.46. The van der Waals surface area contributed by atoms with Crippen molar-refractivity contribution < 1.29 is 0 Å². The van der Waals surface area contributed by atoms with Gasteiger partial charge in [0, 0.05) is 106 Å². The Labute approximate surface area is 787 Å². The third-order valence-corrected chi connectivity index (χ3v) is 26.8. The number of benzene rings is 21. The van der Waals surface area contributed by atoms with Crippen LogP contribution in [0.15, 0.2) is 534 Å². The normalized spacial score (nSPS) is 11.8. The average molecular weight is 1730 g/mol. The smallest absolute Gasteiger partial charge is 0.0561 e. The molecule has 0 bridgehead atoms. The second-order valence-corrected chi connectivity index (χ2v) is 35.1. The highest BCUT2D eigenvalue weighted by molar-refractivity contribution is 6.13. The van der Waals surface area contributed by atoms with Crippen molar-refractivity contribution in [1.29, 1.82) is 0 Å². The maximum absolute atomic E-state index is 2.42. The Morgan fingerprint density at radius 2 is 0.370 bits per heavy atom. The third-order valence-electron chi connectivity index (χ3n) is 26.8. The average Bonchev–Trinajstić information content (AvgIpc) is 1.58. The van der Waals surface area contributed by atoms with Crippen molar-refractivity contribution in [2.45, 2.75) is 19.3 Å². The summed E-state index contributed by atoms with van der Waals surface area (Å²) in [4.78, 5) is 7.13. The number of hydrogen-bond acceptors (Lipinski definition) is 3.